The fourth-order valence-electron chi connectivity index (χ4n) is 1.41. The van der Waals surface area contributed by atoms with E-state index in [-0.39, 0.29) is 17.8 Å². The Morgan fingerprint density at radius 2 is 1.88 bits per heavy atom. The molecule has 0 bridgehead atoms. The molecule has 0 unspecified atom stereocenters. The molecule has 0 fully saturated rings. The van der Waals surface area contributed by atoms with E-state index in [1.54, 1.807) is 6.07 Å². The number of ether oxygens (including phenoxy) is 1. The van der Waals surface area contributed by atoms with Crippen molar-refractivity contribution in [3.63, 3.8) is 0 Å². The summed E-state index contributed by atoms with van der Waals surface area (Å²) in [5, 5.41) is 0. The maximum absolute atomic E-state index is 11.8. The molecule has 3 heteroatoms. The van der Waals surface area contributed by atoms with Gasteiger partial charge in [-0.2, -0.15) is 0 Å². The predicted molar refractivity (Wildman–Crippen MR) is 66.1 cm³/mol. The SMILES string of the molecule is CC(=O)OCC(=O)c1cccc(C(C)(C)C)c1. The Balaban J connectivity index is 2.85. The molecule has 17 heavy (non-hydrogen) atoms. The lowest BCUT2D eigenvalue weighted by atomic mass is 9.86. The van der Waals surface area contributed by atoms with Crippen molar-refractivity contribution in [2.45, 2.75) is 33.1 Å². The van der Waals surface area contributed by atoms with E-state index in [2.05, 4.69) is 20.8 Å². The zero-order chi connectivity index (χ0) is 13.1. The summed E-state index contributed by atoms with van der Waals surface area (Å²) >= 11 is 0. The van der Waals surface area contributed by atoms with Crippen molar-refractivity contribution in [3.05, 3.63) is 35.4 Å². The Labute approximate surface area is 102 Å². The standard InChI is InChI=1S/C14H18O3/c1-10(15)17-9-13(16)11-6-5-7-12(8-11)14(2,3)4/h5-8H,9H2,1-4H3. The summed E-state index contributed by atoms with van der Waals surface area (Å²) < 4.78 is 4.70. The largest absolute Gasteiger partial charge is 0.457 e. The van der Waals surface area contributed by atoms with Crippen LogP contribution in [0.1, 0.15) is 43.6 Å². The van der Waals surface area contributed by atoms with Gasteiger partial charge in [-0.1, -0.05) is 39.0 Å². The van der Waals surface area contributed by atoms with E-state index in [0.29, 0.717) is 5.56 Å². The quantitative estimate of drug-likeness (QED) is 0.596. The van der Waals surface area contributed by atoms with Crippen LogP contribution in [0.25, 0.3) is 0 Å². The number of benzene rings is 1. The number of esters is 1. The molecule has 1 aromatic carbocycles. The summed E-state index contributed by atoms with van der Waals surface area (Å²) in [5.74, 6) is -0.614. The maximum atomic E-state index is 11.8. The van der Waals surface area contributed by atoms with Crippen LogP contribution in [0, 0.1) is 0 Å². The zero-order valence-corrected chi connectivity index (χ0v) is 10.7. The fourth-order valence-corrected chi connectivity index (χ4v) is 1.41. The highest BCUT2D eigenvalue weighted by Gasteiger charge is 2.15. The lowest BCUT2D eigenvalue weighted by Crippen LogP contribution is -2.15. The lowest BCUT2D eigenvalue weighted by Gasteiger charge is -2.19. The molecule has 0 heterocycles. The van der Waals surface area contributed by atoms with Gasteiger partial charge in [0.15, 0.2) is 12.4 Å². The number of carbonyl (C=O) groups is 2. The highest BCUT2D eigenvalue weighted by Crippen LogP contribution is 2.22. The van der Waals surface area contributed by atoms with Crippen LogP contribution in [-0.4, -0.2) is 18.4 Å². The number of rotatable bonds is 3. The molecule has 0 saturated heterocycles. The third kappa shape index (κ3) is 4.02. The van der Waals surface area contributed by atoms with Crippen molar-refractivity contribution in [1.29, 1.82) is 0 Å². The van der Waals surface area contributed by atoms with Gasteiger partial charge in [-0.15, -0.1) is 0 Å². The van der Waals surface area contributed by atoms with E-state index < -0.39 is 5.97 Å². The average Bonchev–Trinajstić information content (AvgIpc) is 2.25. The van der Waals surface area contributed by atoms with Crippen LogP contribution < -0.4 is 0 Å². The van der Waals surface area contributed by atoms with Gasteiger partial charge in [-0.25, -0.2) is 0 Å². The monoisotopic (exact) mass is 234 g/mol. The normalized spacial score (nSPS) is 11.1. The number of Topliss-reactive ketones (excluding diaryl/α,β-unsaturated/α-hetero) is 1. The molecule has 92 valence electrons. The molecular weight excluding hydrogens is 216 g/mol. The first-order valence-electron chi connectivity index (χ1n) is 5.58. The van der Waals surface area contributed by atoms with Gasteiger partial charge < -0.3 is 4.74 Å². The van der Waals surface area contributed by atoms with Crippen LogP contribution in [0.3, 0.4) is 0 Å². The summed E-state index contributed by atoms with van der Waals surface area (Å²) in [6.45, 7) is 7.36. The van der Waals surface area contributed by atoms with Gasteiger partial charge in [-0.3, -0.25) is 9.59 Å². The highest BCUT2D eigenvalue weighted by molar-refractivity contribution is 5.98. The Morgan fingerprint density at radius 3 is 2.41 bits per heavy atom. The Morgan fingerprint density at radius 1 is 1.24 bits per heavy atom. The first-order valence-corrected chi connectivity index (χ1v) is 5.58. The summed E-state index contributed by atoms with van der Waals surface area (Å²) in [6, 6.07) is 7.43. The van der Waals surface area contributed by atoms with Gasteiger partial charge in [0.25, 0.3) is 0 Å². The summed E-state index contributed by atoms with van der Waals surface area (Å²) in [6.07, 6.45) is 0. The molecule has 3 nitrogen and oxygen atoms in total. The molecule has 1 aromatic rings. The Kier molecular flexibility index (Phi) is 4.05. The minimum Gasteiger partial charge on any atom is -0.457 e. The molecule has 0 N–H and O–H groups in total. The van der Waals surface area contributed by atoms with Crippen LogP contribution >= 0.6 is 0 Å². The summed E-state index contributed by atoms with van der Waals surface area (Å²) in [5.41, 5.74) is 1.67. The van der Waals surface area contributed by atoms with Gasteiger partial charge in [0, 0.05) is 12.5 Å². The van der Waals surface area contributed by atoms with Gasteiger partial charge in [0.05, 0.1) is 0 Å². The topological polar surface area (TPSA) is 43.4 Å². The Hall–Kier alpha value is -1.64. The second-order valence-electron chi connectivity index (χ2n) is 5.03. The smallest absolute Gasteiger partial charge is 0.303 e. The van der Waals surface area contributed by atoms with E-state index in [9.17, 15) is 9.59 Å². The van der Waals surface area contributed by atoms with Crippen molar-refractivity contribution in [3.8, 4) is 0 Å². The fraction of sp³-hybridized carbons (Fsp3) is 0.429. The molecule has 0 radical (unpaired) electrons. The van der Waals surface area contributed by atoms with Crippen LogP contribution in [0.2, 0.25) is 0 Å². The molecule has 0 amide bonds. The first-order chi connectivity index (χ1) is 7.80. The van der Waals surface area contributed by atoms with Crippen LogP contribution in [-0.2, 0) is 14.9 Å². The average molecular weight is 234 g/mol. The van der Waals surface area contributed by atoms with Crippen molar-refractivity contribution in [2.75, 3.05) is 6.61 Å². The summed E-state index contributed by atoms with van der Waals surface area (Å²) in [7, 11) is 0. The highest BCUT2D eigenvalue weighted by atomic mass is 16.5. The predicted octanol–water partition coefficient (Wildman–Crippen LogP) is 2.73. The molecule has 0 saturated carbocycles. The van der Waals surface area contributed by atoms with E-state index in [4.69, 9.17) is 4.74 Å². The number of hydrogen-bond acceptors (Lipinski definition) is 3. The summed E-state index contributed by atoms with van der Waals surface area (Å²) in [4.78, 5) is 22.4. The van der Waals surface area contributed by atoms with E-state index in [1.807, 2.05) is 18.2 Å². The second-order valence-corrected chi connectivity index (χ2v) is 5.03. The third-order valence-electron chi connectivity index (χ3n) is 2.46. The minimum atomic E-state index is -0.440. The molecule has 0 spiro atoms. The van der Waals surface area contributed by atoms with Crippen molar-refractivity contribution in [2.24, 2.45) is 0 Å². The first kappa shape index (κ1) is 13.4. The van der Waals surface area contributed by atoms with E-state index in [0.717, 1.165) is 5.56 Å². The Bertz CT molecular complexity index is 427. The van der Waals surface area contributed by atoms with Crippen molar-refractivity contribution >= 4 is 11.8 Å². The maximum Gasteiger partial charge on any atom is 0.303 e. The molecule has 0 aliphatic carbocycles. The van der Waals surface area contributed by atoms with Gasteiger partial charge in [-0.05, 0) is 17.0 Å². The van der Waals surface area contributed by atoms with Gasteiger partial charge in [0.1, 0.15) is 0 Å². The second kappa shape index (κ2) is 5.13. The molecule has 1 rings (SSSR count). The van der Waals surface area contributed by atoms with E-state index >= 15 is 0 Å². The lowest BCUT2D eigenvalue weighted by molar-refractivity contribution is -0.139. The number of carbonyl (C=O) groups excluding carboxylic acids is 2. The third-order valence-corrected chi connectivity index (χ3v) is 2.46. The number of hydrogen-bond donors (Lipinski definition) is 0. The molecule has 0 aromatic heterocycles. The zero-order valence-electron chi connectivity index (χ0n) is 10.7. The molecule has 0 aliphatic heterocycles. The molecule has 0 aliphatic rings. The van der Waals surface area contributed by atoms with Crippen molar-refractivity contribution < 1.29 is 14.3 Å². The van der Waals surface area contributed by atoms with Crippen LogP contribution in [0.5, 0.6) is 0 Å². The van der Waals surface area contributed by atoms with Crippen molar-refractivity contribution in [1.82, 2.24) is 0 Å². The van der Waals surface area contributed by atoms with E-state index in [1.165, 1.54) is 6.92 Å². The molecule has 0 atom stereocenters. The van der Waals surface area contributed by atoms with Gasteiger partial charge >= 0.3 is 5.97 Å². The van der Waals surface area contributed by atoms with Gasteiger partial charge in [0.2, 0.25) is 0 Å². The number of ketones is 1. The molecular formula is C14H18O3. The van der Waals surface area contributed by atoms with Crippen LogP contribution in [0.15, 0.2) is 24.3 Å². The van der Waals surface area contributed by atoms with Crippen LogP contribution in [0.4, 0.5) is 0 Å². The minimum absolute atomic E-state index is 0.00226.